The Morgan fingerprint density at radius 1 is 0.914 bits per heavy atom. The van der Waals surface area contributed by atoms with E-state index in [9.17, 15) is 4.79 Å². The van der Waals surface area contributed by atoms with Crippen molar-refractivity contribution in [1.82, 2.24) is 14.9 Å². The molecule has 0 spiro atoms. The third-order valence-electron chi connectivity index (χ3n) is 6.05. The zero-order chi connectivity index (χ0) is 24.5. The maximum Gasteiger partial charge on any atom is 0.251 e. The molecule has 0 radical (unpaired) electrons. The fourth-order valence-corrected chi connectivity index (χ4v) is 4.09. The van der Waals surface area contributed by atoms with Crippen LogP contribution in [0.2, 0.25) is 0 Å². The quantitative estimate of drug-likeness (QED) is 0.274. The van der Waals surface area contributed by atoms with Gasteiger partial charge in [0.15, 0.2) is 0 Å². The molecule has 182 valence electrons. The largest absolute Gasteiger partial charge is 0.497 e. The number of rotatable bonds is 12. The van der Waals surface area contributed by atoms with Gasteiger partial charge in [-0.05, 0) is 68.3 Å². The minimum atomic E-state index is -0.0528. The molecule has 0 aliphatic heterocycles. The van der Waals surface area contributed by atoms with Crippen molar-refractivity contribution in [1.29, 1.82) is 0 Å². The summed E-state index contributed by atoms with van der Waals surface area (Å²) in [6.45, 7) is 4.07. The normalized spacial score (nSPS) is 10.9. The van der Waals surface area contributed by atoms with Gasteiger partial charge in [-0.15, -0.1) is 0 Å². The Kier molecular flexibility index (Phi) is 8.39. The Bertz CT molecular complexity index is 1230. The molecule has 4 aromatic rings. The molecule has 0 unspecified atom stereocenters. The molecule has 0 atom stereocenters. The number of benzene rings is 3. The molecular formula is C29H33N3O3. The summed E-state index contributed by atoms with van der Waals surface area (Å²) in [5.74, 6) is 2.66. The van der Waals surface area contributed by atoms with Crippen LogP contribution in [-0.2, 0) is 13.0 Å². The number of unbranched alkanes of at least 4 members (excludes halogenated alkanes) is 2. The first kappa shape index (κ1) is 24.3. The van der Waals surface area contributed by atoms with E-state index < -0.39 is 0 Å². The average Bonchev–Trinajstić information content (AvgIpc) is 3.24. The number of aromatic nitrogens is 2. The number of methoxy groups -OCH3 is 1. The van der Waals surface area contributed by atoms with Crippen molar-refractivity contribution < 1.29 is 14.3 Å². The fourth-order valence-electron chi connectivity index (χ4n) is 4.09. The van der Waals surface area contributed by atoms with E-state index in [1.165, 1.54) is 5.56 Å². The molecule has 6 heteroatoms. The van der Waals surface area contributed by atoms with E-state index in [0.717, 1.165) is 60.6 Å². The van der Waals surface area contributed by atoms with Gasteiger partial charge in [0.05, 0.1) is 24.7 Å². The second-order valence-corrected chi connectivity index (χ2v) is 8.62. The summed E-state index contributed by atoms with van der Waals surface area (Å²) in [4.78, 5) is 17.2. The lowest BCUT2D eigenvalue weighted by molar-refractivity contribution is 0.0953. The summed E-state index contributed by atoms with van der Waals surface area (Å²) in [6.07, 6.45) is 3.86. The monoisotopic (exact) mass is 471 g/mol. The zero-order valence-electron chi connectivity index (χ0n) is 20.5. The number of fused-ring (bicyclic) bond motifs is 1. The molecule has 0 aliphatic rings. The Morgan fingerprint density at radius 3 is 2.43 bits per heavy atom. The first-order valence-electron chi connectivity index (χ1n) is 12.2. The van der Waals surface area contributed by atoms with E-state index in [2.05, 4.69) is 47.1 Å². The standard InChI is InChI=1S/C29H33N3O3/c1-22-11-15-25(16-12-22)35-21-20-32-27-9-6-5-8-26(27)31-28(32)10-4-3-7-19-30-29(33)23-13-17-24(34-2)18-14-23/h5-6,8-9,11-18H,3-4,7,10,19-21H2,1-2H3,(H,30,33). The predicted molar refractivity (Wildman–Crippen MR) is 139 cm³/mol. The highest BCUT2D eigenvalue weighted by Crippen LogP contribution is 2.19. The van der Waals surface area contributed by atoms with Crippen LogP contribution in [0.5, 0.6) is 11.5 Å². The van der Waals surface area contributed by atoms with Crippen molar-refractivity contribution >= 4 is 16.9 Å². The van der Waals surface area contributed by atoms with Crippen molar-refractivity contribution in [2.45, 2.75) is 39.2 Å². The molecule has 6 nitrogen and oxygen atoms in total. The number of carbonyl (C=O) groups is 1. The second kappa shape index (κ2) is 12.1. The van der Waals surface area contributed by atoms with Gasteiger partial charge in [0.2, 0.25) is 0 Å². The van der Waals surface area contributed by atoms with Crippen LogP contribution in [0.4, 0.5) is 0 Å². The van der Waals surface area contributed by atoms with Crippen molar-refractivity contribution in [3.05, 3.63) is 89.7 Å². The van der Waals surface area contributed by atoms with Gasteiger partial charge in [0.1, 0.15) is 23.9 Å². The maximum absolute atomic E-state index is 12.3. The lowest BCUT2D eigenvalue weighted by Gasteiger charge is -2.11. The Hall–Kier alpha value is -3.80. The zero-order valence-corrected chi connectivity index (χ0v) is 20.5. The number of para-hydroxylation sites is 2. The molecule has 0 bridgehead atoms. The molecule has 0 aliphatic carbocycles. The molecule has 1 N–H and O–H groups in total. The third-order valence-corrected chi connectivity index (χ3v) is 6.05. The van der Waals surface area contributed by atoms with Gasteiger partial charge in [0, 0.05) is 18.5 Å². The highest BCUT2D eigenvalue weighted by Gasteiger charge is 2.11. The van der Waals surface area contributed by atoms with Crippen LogP contribution in [-0.4, -0.2) is 35.7 Å². The number of nitrogens with one attached hydrogen (secondary N) is 1. The molecule has 0 fully saturated rings. The molecule has 0 saturated carbocycles. The lowest BCUT2D eigenvalue weighted by Crippen LogP contribution is -2.24. The van der Waals surface area contributed by atoms with Crippen molar-refractivity contribution in [3.63, 3.8) is 0 Å². The number of carbonyl (C=O) groups excluding carboxylic acids is 1. The van der Waals surface area contributed by atoms with Crippen molar-refractivity contribution in [3.8, 4) is 11.5 Å². The van der Waals surface area contributed by atoms with Gasteiger partial charge in [-0.25, -0.2) is 4.98 Å². The summed E-state index contributed by atoms with van der Waals surface area (Å²) in [5, 5.41) is 3.00. The third kappa shape index (κ3) is 6.63. The van der Waals surface area contributed by atoms with Gasteiger partial charge in [0.25, 0.3) is 5.91 Å². The number of imidazole rings is 1. The first-order chi connectivity index (χ1) is 17.1. The van der Waals surface area contributed by atoms with Crippen LogP contribution in [0.15, 0.2) is 72.8 Å². The minimum Gasteiger partial charge on any atom is -0.497 e. The van der Waals surface area contributed by atoms with Crippen LogP contribution in [0, 0.1) is 6.92 Å². The van der Waals surface area contributed by atoms with E-state index in [-0.39, 0.29) is 5.91 Å². The second-order valence-electron chi connectivity index (χ2n) is 8.62. The number of aryl methyl sites for hydroxylation is 2. The SMILES string of the molecule is COc1ccc(C(=O)NCCCCCc2nc3ccccc3n2CCOc2ccc(C)cc2)cc1. The van der Waals surface area contributed by atoms with Crippen LogP contribution in [0.1, 0.15) is 41.0 Å². The summed E-state index contributed by atoms with van der Waals surface area (Å²) in [5.41, 5.74) is 4.03. The van der Waals surface area contributed by atoms with E-state index in [1.807, 2.05) is 18.2 Å². The number of ether oxygens (including phenoxy) is 2. The predicted octanol–water partition coefficient (Wildman–Crippen LogP) is 5.58. The first-order valence-corrected chi connectivity index (χ1v) is 12.2. The fraction of sp³-hybridized carbons (Fsp3) is 0.310. The number of hydrogen-bond donors (Lipinski definition) is 1. The van der Waals surface area contributed by atoms with Crippen molar-refractivity contribution in [2.24, 2.45) is 0 Å². The molecular weight excluding hydrogens is 438 g/mol. The van der Waals surface area contributed by atoms with Gasteiger partial charge in [-0.2, -0.15) is 0 Å². The molecule has 1 heterocycles. The van der Waals surface area contributed by atoms with E-state index in [1.54, 1.807) is 31.4 Å². The Morgan fingerprint density at radius 2 is 1.66 bits per heavy atom. The average molecular weight is 472 g/mol. The molecule has 35 heavy (non-hydrogen) atoms. The van der Waals surface area contributed by atoms with Gasteiger partial charge in [-0.1, -0.05) is 36.2 Å². The van der Waals surface area contributed by atoms with Crippen molar-refractivity contribution in [2.75, 3.05) is 20.3 Å². The lowest BCUT2D eigenvalue weighted by atomic mass is 10.1. The molecule has 1 aromatic heterocycles. The summed E-state index contributed by atoms with van der Waals surface area (Å²) in [7, 11) is 1.61. The summed E-state index contributed by atoms with van der Waals surface area (Å²) < 4.78 is 13.4. The highest BCUT2D eigenvalue weighted by atomic mass is 16.5. The van der Waals surface area contributed by atoms with Gasteiger partial charge >= 0.3 is 0 Å². The summed E-state index contributed by atoms with van der Waals surface area (Å²) >= 11 is 0. The van der Waals surface area contributed by atoms with E-state index in [0.29, 0.717) is 18.7 Å². The number of hydrogen-bond acceptors (Lipinski definition) is 4. The maximum atomic E-state index is 12.3. The molecule has 0 saturated heterocycles. The Balaban J connectivity index is 1.25. The topological polar surface area (TPSA) is 65.4 Å². The van der Waals surface area contributed by atoms with Crippen LogP contribution in [0.3, 0.4) is 0 Å². The number of nitrogens with zero attached hydrogens (tertiary/aromatic N) is 2. The molecule has 1 amide bonds. The molecule has 4 rings (SSSR count). The van der Waals surface area contributed by atoms with E-state index >= 15 is 0 Å². The highest BCUT2D eigenvalue weighted by molar-refractivity contribution is 5.94. The Labute approximate surface area is 206 Å². The molecule has 3 aromatic carbocycles. The van der Waals surface area contributed by atoms with Crippen LogP contribution < -0.4 is 14.8 Å². The van der Waals surface area contributed by atoms with E-state index in [4.69, 9.17) is 14.5 Å². The van der Waals surface area contributed by atoms with Crippen LogP contribution >= 0.6 is 0 Å². The van der Waals surface area contributed by atoms with Crippen LogP contribution in [0.25, 0.3) is 11.0 Å². The summed E-state index contributed by atoms with van der Waals surface area (Å²) in [6, 6.07) is 23.6. The number of amides is 1. The van der Waals surface area contributed by atoms with Gasteiger partial charge < -0.3 is 19.4 Å². The van der Waals surface area contributed by atoms with Gasteiger partial charge in [-0.3, -0.25) is 4.79 Å². The minimum absolute atomic E-state index is 0.0528. The smallest absolute Gasteiger partial charge is 0.251 e.